The molecule has 0 aromatic rings. The summed E-state index contributed by atoms with van der Waals surface area (Å²) in [6.45, 7) is 4.44. The van der Waals surface area contributed by atoms with E-state index in [0.717, 1.165) is 6.42 Å². The number of hydrogen-bond donors (Lipinski definition) is 0. The molecule has 0 radical (unpaired) electrons. The maximum absolute atomic E-state index is 11.2. The minimum atomic E-state index is -1.83. The predicted molar refractivity (Wildman–Crippen MR) is 68.6 cm³/mol. The molecule has 84 valence electrons. The van der Waals surface area contributed by atoms with Gasteiger partial charge in [-0.05, 0) is 0 Å². The fraction of sp³-hybridized carbons (Fsp3) is 0.615. The first-order chi connectivity index (χ1) is 6.73. The van der Waals surface area contributed by atoms with Crippen LogP contribution in [0.5, 0.6) is 0 Å². The zero-order chi connectivity index (χ0) is 11.7. The molecule has 1 nitrogen and oxygen atoms in total. The molecule has 15 heavy (non-hydrogen) atoms. The van der Waals surface area contributed by atoms with Gasteiger partial charge in [0.15, 0.2) is 0 Å². The van der Waals surface area contributed by atoms with Crippen LogP contribution in [0.15, 0.2) is 21.8 Å². The second-order valence-corrected chi connectivity index (χ2v) is 21.1. The predicted octanol–water partition coefficient (Wildman–Crippen LogP) is 3.74. The first kappa shape index (κ1) is 13.0. The molecule has 0 amide bonds. The van der Waals surface area contributed by atoms with Crippen LogP contribution in [0.3, 0.4) is 0 Å². The number of hydrogen-bond acceptors (Lipinski definition) is 1. The monoisotopic (exact) mass is 314 g/mol. The molecule has 0 spiro atoms. The van der Waals surface area contributed by atoms with Crippen LogP contribution in [-0.2, 0) is 4.79 Å². The molecule has 0 bridgehead atoms. The third-order valence-electron chi connectivity index (χ3n) is 3.31. The van der Waals surface area contributed by atoms with Crippen LogP contribution >= 0.6 is 0 Å². The summed E-state index contributed by atoms with van der Waals surface area (Å²) in [5.74, 6) is 0.280. The molecule has 0 aliphatic heterocycles. The zero-order valence-corrected chi connectivity index (χ0v) is 13.4. The van der Waals surface area contributed by atoms with Crippen LogP contribution in [-0.4, -0.2) is 24.2 Å². The van der Waals surface area contributed by atoms with E-state index in [0.29, 0.717) is 6.42 Å². The second kappa shape index (κ2) is 4.44. The summed E-state index contributed by atoms with van der Waals surface area (Å²) in [5, 5.41) is 0. The normalized spacial score (nSPS) is 27.5. The van der Waals surface area contributed by atoms with E-state index in [2.05, 4.69) is 40.8 Å². The Labute approximate surface area is 97.5 Å². The Balaban J connectivity index is 2.65. The fourth-order valence-electron chi connectivity index (χ4n) is 1.64. The molecule has 1 aliphatic carbocycles. The van der Waals surface area contributed by atoms with Crippen molar-refractivity contribution < 1.29 is 4.79 Å². The van der Waals surface area contributed by atoms with Crippen molar-refractivity contribution in [2.24, 2.45) is 5.41 Å². The summed E-state index contributed by atoms with van der Waals surface area (Å²) in [7, 11) is 0. The maximum atomic E-state index is 11.2. The van der Waals surface area contributed by atoms with E-state index >= 15 is 0 Å². The SMILES string of the molecule is C/[C](=C/CC1(C)C=CC(=O)C1)[Sn]([CH3])([CH3])[CH3]. The first-order valence-electron chi connectivity index (χ1n) is 5.62. The van der Waals surface area contributed by atoms with Crippen molar-refractivity contribution in [2.75, 3.05) is 0 Å². The van der Waals surface area contributed by atoms with Crippen molar-refractivity contribution in [3.63, 3.8) is 0 Å². The summed E-state index contributed by atoms with van der Waals surface area (Å²) in [6.07, 6.45) is 7.91. The van der Waals surface area contributed by atoms with Gasteiger partial charge in [0.1, 0.15) is 0 Å². The van der Waals surface area contributed by atoms with E-state index in [9.17, 15) is 4.79 Å². The molecule has 2 heteroatoms. The first-order valence-corrected chi connectivity index (χ1v) is 15.6. The van der Waals surface area contributed by atoms with Gasteiger partial charge in [0, 0.05) is 0 Å². The molecule has 0 aromatic heterocycles. The Morgan fingerprint density at radius 3 is 2.53 bits per heavy atom. The molecule has 1 aliphatic rings. The van der Waals surface area contributed by atoms with Crippen molar-refractivity contribution in [1.29, 1.82) is 0 Å². The van der Waals surface area contributed by atoms with Gasteiger partial charge in [0.25, 0.3) is 0 Å². The van der Waals surface area contributed by atoms with Crippen molar-refractivity contribution in [1.82, 2.24) is 0 Å². The van der Waals surface area contributed by atoms with Crippen molar-refractivity contribution in [3.8, 4) is 0 Å². The Morgan fingerprint density at radius 2 is 2.13 bits per heavy atom. The van der Waals surface area contributed by atoms with Crippen molar-refractivity contribution in [3.05, 3.63) is 21.8 Å². The zero-order valence-electron chi connectivity index (χ0n) is 10.6. The molecule has 0 fully saturated rings. The molecular formula is C13H22OSn. The summed E-state index contributed by atoms with van der Waals surface area (Å²) < 4.78 is 1.61. The standard InChI is InChI=1S/C10H13O.3CH3.Sn/c1-3-4-6-10(2)7-5-9(11)8-10;;;;/h4-5,7H,6,8H2,1-2H3;3*1H3;. The fourth-order valence-corrected chi connectivity index (χ4v) is 3.68. The number of carbonyl (C=O) groups excluding carboxylic acids is 1. The van der Waals surface area contributed by atoms with Gasteiger partial charge in [-0.1, -0.05) is 0 Å². The Kier molecular flexibility index (Phi) is 3.85. The quantitative estimate of drug-likeness (QED) is 0.726. The topological polar surface area (TPSA) is 17.1 Å². The van der Waals surface area contributed by atoms with E-state index in [1.165, 1.54) is 0 Å². The Hall–Kier alpha value is -0.0513. The van der Waals surface area contributed by atoms with Crippen LogP contribution in [0, 0.1) is 5.41 Å². The van der Waals surface area contributed by atoms with E-state index < -0.39 is 18.4 Å². The Morgan fingerprint density at radius 1 is 1.53 bits per heavy atom. The van der Waals surface area contributed by atoms with Crippen LogP contribution in [0.25, 0.3) is 0 Å². The van der Waals surface area contributed by atoms with E-state index in [-0.39, 0.29) is 11.2 Å². The molecular weight excluding hydrogens is 291 g/mol. The van der Waals surface area contributed by atoms with Gasteiger partial charge in [0.2, 0.25) is 0 Å². The summed E-state index contributed by atoms with van der Waals surface area (Å²) in [6, 6.07) is 0. The van der Waals surface area contributed by atoms with Crippen LogP contribution in [0.1, 0.15) is 26.7 Å². The van der Waals surface area contributed by atoms with Gasteiger partial charge < -0.3 is 0 Å². The molecule has 0 saturated heterocycles. The third kappa shape index (κ3) is 3.78. The van der Waals surface area contributed by atoms with Gasteiger partial charge >= 0.3 is 97.7 Å². The van der Waals surface area contributed by atoms with Gasteiger partial charge in [-0.3, -0.25) is 0 Å². The summed E-state index contributed by atoms with van der Waals surface area (Å²) in [5.41, 5.74) is 0.0927. The molecule has 1 atom stereocenters. The summed E-state index contributed by atoms with van der Waals surface area (Å²) >= 11 is -1.83. The average molecular weight is 313 g/mol. The number of ketones is 1. The Bertz CT molecular complexity index is 320. The van der Waals surface area contributed by atoms with Gasteiger partial charge in [-0.15, -0.1) is 0 Å². The van der Waals surface area contributed by atoms with Crippen LogP contribution in [0.4, 0.5) is 0 Å². The van der Waals surface area contributed by atoms with E-state index in [4.69, 9.17) is 0 Å². The van der Waals surface area contributed by atoms with Gasteiger partial charge in [0.05, 0.1) is 0 Å². The number of rotatable bonds is 3. The summed E-state index contributed by atoms with van der Waals surface area (Å²) in [4.78, 5) is 18.5. The van der Waals surface area contributed by atoms with Crippen LogP contribution < -0.4 is 0 Å². The molecule has 1 rings (SSSR count). The van der Waals surface area contributed by atoms with Gasteiger partial charge in [-0.2, -0.15) is 0 Å². The number of carbonyl (C=O) groups is 1. The molecule has 0 saturated carbocycles. The average Bonchev–Trinajstić information content (AvgIpc) is 2.41. The van der Waals surface area contributed by atoms with E-state index in [1.54, 1.807) is 9.67 Å². The minimum absolute atomic E-state index is 0.0927. The van der Waals surface area contributed by atoms with Gasteiger partial charge in [-0.25, -0.2) is 0 Å². The molecule has 1 unspecified atom stereocenters. The second-order valence-electron chi connectivity index (χ2n) is 5.97. The number of allylic oxidation sites excluding steroid dienone is 4. The molecule has 0 N–H and O–H groups in total. The van der Waals surface area contributed by atoms with Crippen molar-refractivity contribution >= 4 is 24.2 Å². The van der Waals surface area contributed by atoms with E-state index in [1.807, 2.05) is 0 Å². The third-order valence-corrected chi connectivity index (χ3v) is 10.6. The molecule has 0 heterocycles. The van der Waals surface area contributed by atoms with Crippen LogP contribution in [0.2, 0.25) is 14.8 Å². The van der Waals surface area contributed by atoms with Crippen molar-refractivity contribution in [2.45, 2.75) is 41.5 Å². The molecule has 0 aromatic carbocycles.